The minimum Gasteiger partial charge on any atom is -0.465 e. The summed E-state index contributed by atoms with van der Waals surface area (Å²) in [6.07, 6.45) is 15.3. The summed E-state index contributed by atoms with van der Waals surface area (Å²) in [7, 11) is 0. The quantitative estimate of drug-likeness (QED) is 0.233. The Labute approximate surface area is 227 Å². The lowest BCUT2D eigenvalue weighted by molar-refractivity contribution is -0.202. The highest BCUT2D eigenvalue weighted by Gasteiger charge is 2.69. The van der Waals surface area contributed by atoms with Crippen LogP contribution in [0, 0.1) is 50.2 Å². The van der Waals surface area contributed by atoms with Crippen molar-refractivity contribution in [3.8, 4) is 0 Å². The Kier molecular flexibility index (Phi) is 6.62. The van der Waals surface area contributed by atoms with E-state index < -0.39 is 0 Å². The van der Waals surface area contributed by atoms with Crippen molar-refractivity contribution in [2.75, 3.05) is 6.61 Å². The van der Waals surface area contributed by atoms with Gasteiger partial charge in [0.15, 0.2) is 0 Å². The fourth-order valence-electron chi connectivity index (χ4n) is 11.3. The maximum Gasteiger partial charge on any atom is 0.312 e. The Morgan fingerprint density at radius 2 is 1.65 bits per heavy atom. The third kappa shape index (κ3) is 3.93. The molecule has 8 atom stereocenters. The summed E-state index contributed by atoms with van der Waals surface area (Å²) in [5, 5.41) is 11.0. The van der Waals surface area contributed by atoms with Gasteiger partial charge in [-0.25, -0.2) is 0 Å². The lowest BCUT2D eigenvalue weighted by Gasteiger charge is -2.71. The molecule has 210 valence electrons. The number of fused-ring (bicyclic) bond motifs is 7. The zero-order valence-corrected chi connectivity index (χ0v) is 25.3. The highest BCUT2D eigenvalue weighted by molar-refractivity contribution is 5.78. The summed E-state index contributed by atoms with van der Waals surface area (Å²) in [6.45, 7) is 20.1. The zero-order valence-electron chi connectivity index (χ0n) is 25.3. The Morgan fingerprint density at radius 3 is 2.35 bits per heavy atom. The predicted octanol–water partition coefficient (Wildman–Crippen LogP) is 8.49. The van der Waals surface area contributed by atoms with Gasteiger partial charge in [-0.1, -0.05) is 73.5 Å². The second-order valence-electron chi connectivity index (χ2n) is 16.4. The molecule has 5 aliphatic carbocycles. The molecule has 0 aromatic rings. The van der Waals surface area contributed by atoms with Crippen molar-refractivity contribution in [1.29, 1.82) is 0 Å². The second kappa shape index (κ2) is 8.84. The molecule has 0 saturated heterocycles. The van der Waals surface area contributed by atoms with Crippen molar-refractivity contribution >= 4 is 5.97 Å². The smallest absolute Gasteiger partial charge is 0.312 e. The number of esters is 1. The molecule has 5 aliphatic rings. The van der Waals surface area contributed by atoms with E-state index in [1.807, 2.05) is 0 Å². The van der Waals surface area contributed by atoms with Gasteiger partial charge in [0.25, 0.3) is 0 Å². The van der Waals surface area contributed by atoms with Crippen LogP contribution >= 0.6 is 0 Å². The van der Waals surface area contributed by atoms with Crippen molar-refractivity contribution in [3.63, 3.8) is 0 Å². The third-order valence-corrected chi connectivity index (χ3v) is 13.4. The topological polar surface area (TPSA) is 46.5 Å². The van der Waals surface area contributed by atoms with E-state index in [1.165, 1.54) is 12.8 Å². The maximum absolute atomic E-state index is 13.9. The van der Waals surface area contributed by atoms with E-state index >= 15 is 0 Å². The molecule has 4 fully saturated rings. The van der Waals surface area contributed by atoms with Gasteiger partial charge in [0.1, 0.15) is 0 Å². The van der Waals surface area contributed by atoms with Gasteiger partial charge >= 0.3 is 5.97 Å². The van der Waals surface area contributed by atoms with Gasteiger partial charge < -0.3 is 9.84 Å². The molecule has 3 unspecified atom stereocenters. The Hall–Kier alpha value is -0.830. The summed E-state index contributed by atoms with van der Waals surface area (Å²) in [5.41, 5.74) is 2.21. The summed E-state index contributed by atoms with van der Waals surface area (Å²) in [4.78, 5) is 13.9. The molecule has 0 amide bonds. The van der Waals surface area contributed by atoms with Gasteiger partial charge in [-0.15, -0.1) is 0 Å². The van der Waals surface area contributed by atoms with Crippen LogP contribution in [0.1, 0.15) is 132 Å². The molecular weight excluding hydrogens is 456 g/mol. The molecule has 0 spiro atoms. The predicted molar refractivity (Wildman–Crippen MR) is 151 cm³/mol. The third-order valence-electron chi connectivity index (χ3n) is 13.4. The van der Waals surface area contributed by atoms with Crippen LogP contribution in [0.2, 0.25) is 0 Å². The van der Waals surface area contributed by atoms with E-state index in [1.54, 1.807) is 5.57 Å². The van der Waals surface area contributed by atoms with Crippen LogP contribution in [0.25, 0.3) is 0 Å². The van der Waals surface area contributed by atoms with Gasteiger partial charge in [-0.3, -0.25) is 4.79 Å². The number of hydrogen-bond donors (Lipinski definition) is 1. The number of hydrogen-bond acceptors (Lipinski definition) is 3. The highest BCUT2D eigenvalue weighted by Crippen LogP contribution is 2.75. The standard InChI is InChI=1S/C34H56O3/c1-9-10-19-37-28(36)34-17-15-29(2,3)22-25(34)24-11-12-27-31(6)21-23(35)20-30(4,5)26(31)13-14-33(27,8)32(24,7)16-18-34/h11,23,25-27,35H,9-10,12-22H2,1-8H3/t23-,25?,26?,27?,31+,32-,33-,34+/m1/s1. The first-order valence-electron chi connectivity index (χ1n) is 15.7. The number of carbonyl (C=O) groups excluding carboxylic acids is 1. The monoisotopic (exact) mass is 512 g/mol. The minimum atomic E-state index is -0.331. The number of aliphatic hydroxyl groups excluding tert-OH is 1. The van der Waals surface area contributed by atoms with Crippen LogP contribution in [0.5, 0.6) is 0 Å². The molecule has 0 heterocycles. The van der Waals surface area contributed by atoms with E-state index in [0.29, 0.717) is 24.4 Å². The van der Waals surface area contributed by atoms with Crippen molar-refractivity contribution in [2.24, 2.45) is 50.2 Å². The first-order valence-corrected chi connectivity index (χ1v) is 15.7. The maximum atomic E-state index is 13.9. The van der Waals surface area contributed by atoms with Gasteiger partial charge in [0.05, 0.1) is 18.1 Å². The molecule has 4 saturated carbocycles. The van der Waals surface area contributed by atoms with E-state index in [-0.39, 0.29) is 44.6 Å². The summed E-state index contributed by atoms with van der Waals surface area (Å²) in [5.74, 6) is 1.66. The lowest BCUT2D eigenvalue weighted by atomic mass is 9.33. The molecule has 3 nitrogen and oxygen atoms in total. The Morgan fingerprint density at radius 1 is 0.946 bits per heavy atom. The lowest BCUT2D eigenvalue weighted by Crippen LogP contribution is -2.64. The number of ether oxygens (including phenoxy) is 1. The number of unbranched alkanes of at least 4 members (excludes halogenated alkanes) is 1. The Balaban J connectivity index is 1.55. The van der Waals surface area contributed by atoms with Crippen molar-refractivity contribution < 1.29 is 14.6 Å². The number of allylic oxidation sites excluding steroid dienone is 2. The normalized spacial score (nSPS) is 48.0. The molecular formula is C34H56O3. The van der Waals surface area contributed by atoms with E-state index in [0.717, 1.165) is 64.2 Å². The highest BCUT2D eigenvalue weighted by atomic mass is 16.5. The van der Waals surface area contributed by atoms with Crippen LogP contribution < -0.4 is 0 Å². The number of aliphatic hydroxyl groups is 1. The molecule has 0 bridgehead atoms. The van der Waals surface area contributed by atoms with E-state index in [9.17, 15) is 9.90 Å². The number of carbonyl (C=O) groups is 1. The van der Waals surface area contributed by atoms with Crippen LogP contribution in [0.4, 0.5) is 0 Å². The van der Waals surface area contributed by atoms with E-state index in [4.69, 9.17) is 4.74 Å². The fourth-order valence-corrected chi connectivity index (χ4v) is 11.3. The molecule has 3 heteroatoms. The van der Waals surface area contributed by atoms with Gasteiger partial charge in [0.2, 0.25) is 0 Å². The molecule has 0 radical (unpaired) electrons. The molecule has 0 aliphatic heterocycles. The van der Waals surface area contributed by atoms with Crippen molar-refractivity contribution in [2.45, 2.75) is 139 Å². The zero-order chi connectivity index (χ0) is 27.1. The number of rotatable bonds is 4. The summed E-state index contributed by atoms with van der Waals surface area (Å²) < 4.78 is 6.02. The molecule has 5 rings (SSSR count). The van der Waals surface area contributed by atoms with Crippen LogP contribution in [-0.2, 0) is 9.53 Å². The SMILES string of the molecule is CCCCOC(=O)[C@]12CCC(C)(C)CC1C1=CCC3[C@@]4(C)C[C@H](O)CC(C)(C)C4CC[C@@]3(C)[C@]1(C)CC2. The molecule has 0 aromatic carbocycles. The minimum absolute atomic E-state index is 0.101. The van der Waals surface area contributed by atoms with Crippen molar-refractivity contribution in [3.05, 3.63) is 11.6 Å². The molecule has 37 heavy (non-hydrogen) atoms. The first-order chi connectivity index (χ1) is 17.2. The van der Waals surface area contributed by atoms with E-state index in [2.05, 4.69) is 61.5 Å². The largest absolute Gasteiger partial charge is 0.465 e. The first kappa shape index (κ1) is 27.7. The average molecular weight is 513 g/mol. The Bertz CT molecular complexity index is 947. The van der Waals surface area contributed by atoms with Gasteiger partial charge in [-0.05, 0) is 115 Å². The summed E-state index contributed by atoms with van der Waals surface area (Å²) in [6, 6.07) is 0. The van der Waals surface area contributed by atoms with Crippen LogP contribution in [-0.4, -0.2) is 23.8 Å². The van der Waals surface area contributed by atoms with Gasteiger partial charge in [-0.2, -0.15) is 0 Å². The van der Waals surface area contributed by atoms with Gasteiger partial charge in [0, 0.05) is 0 Å². The van der Waals surface area contributed by atoms with Crippen LogP contribution in [0.15, 0.2) is 11.6 Å². The molecule has 0 aromatic heterocycles. The molecule has 1 N–H and O–H groups in total. The van der Waals surface area contributed by atoms with Crippen LogP contribution in [0.3, 0.4) is 0 Å². The second-order valence-corrected chi connectivity index (χ2v) is 16.4. The average Bonchev–Trinajstić information content (AvgIpc) is 2.78. The fraction of sp³-hybridized carbons (Fsp3) is 0.912. The summed E-state index contributed by atoms with van der Waals surface area (Å²) >= 11 is 0. The van der Waals surface area contributed by atoms with Crippen molar-refractivity contribution in [1.82, 2.24) is 0 Å².